The number of hydrogen-bond donors (Lipinski definition) is 2. The first-order valence-corrected chi connectivity index (χ1v) is 7.44. The van der Waals surface area contributed by atoms with Gasteiger partial charge in [-0.05, 0) is 36.2 Å². The summed E-state index contributed by atoms with van der Waals surface area (Å²) in [7, 11) is 1.93. The molecule has 0 bridgehead atoms. The molecular weight excluding hydrogens is 260 g/mol. The normalized spacial score (nSPS) is 13.3. The first-order chi connectivity index (χ1) is 10.3. The Kier molecular flexibility index (Phi) is 4.02. The highest BCUT2D eigenvalue weighted by atomic mass is 16.1. The molecule has 3 heteroatoms. The maximum Gasteiger partial charge on any atom is 0.165 e. The highest BCUT2D eigenvalue weighted by molar-refractivity contribution is 6.07. The fourth-order valence-corrected chi connectivity index (χ4v) is 2.95. The predicted octanol–water partition coefficient (Wildman–Crippen LogP) is 3.11. The van der Waals surface area contributed by atoms with Gasteiger partial charge in [0.05, 0.1) is 0 Å². The van der Waals surface area contributed by atoms with Crippen molar-refractivity contribution in [3.8, 4) is 11.1 Å². The summed E-state index contributed by atoms with van der Waals surface area (Å²) < 4.78 is 0. The number of benzene rings is 2. The molecule has 108 valence electrons. The zero-order valence-electron chi connectivity index (χ0n) is 12.3. The molecule has 0 spiro atoms. The SMILES string of the molecule is CNCCNc1ccc(-c2ccccc2)c2c1C(=O)CC2. The number of Topliss-reactive ketones (excluding diaryl/α,β-unsaturated/α-hetero) is 1. The van der Waals surface area contributed by atoms with Gasteiger partial charge in [-0.15, -0.1) is 0 Å². The van der Waals surface area contributed by atoms with Gasteiger partial charge < -0.3 is 10.6 Å². The van der Waals surface area contributed by atoms with Gasteiger partial charge in [-0.25, -0.2) is 0 Å². The van der Waals surface area contributed by atoms with Gasteiger partial charge in [-0.2, -0.15) is 0 Å². The van der Waals surface area contributed by atoms with Crippen LogP contribution >= 0.6 is 0 Å². The van der Waals surface area contributed by atoms with E-state index < -0.39 is 0 Å². The van der Waals surface area contributed by atoms with Crippen LogP contribution in [-0.4, -0.2) is 25.9 Å². The number of fused-ring (bicyclic) bond motifs is 1. The minimum Gasteiger partial charge on any atom is -0.383 e. The van der Waals surface area contributed by atoms with Gasteiger partial charge in [0.1, 0.15) is 0 Å². The smallest absolute Gasteiger partial charge is 0.165 e. The van der Waals surface area contributed by atoms with Crippen molar-refractivity contribution in [1.29, 1.82) is 0 Å². The fourth-order valence-electron chi connectivity index (χ4n) is 2.95. The van der Waals surface area contributed by atoms with Crippen molar-refractivity contribution in [2.45, 2.75) is 12.8 Å². The minimum absolute atomic E-state index is 0.259. The van der Waals surface area contributed by atoms with E-state index in [0.717, 1.165) is 30.8 Å². The summed E-state index contributed by atoms with van der Waals surface area (Å²) in [6.07, 6.45) is 1.47. The van der Waals surface area contributed by atoms with Crippen molar-refractivity contribution in [3.63, 3.8) is 0 Å². The summed E-state index contributed by atoms with van der Waals surface area (Å²) in [4.78, 5) is 12.2. The van der Waals surface area contributed by atoms with Crippen LogP contribution in [0.25, 0.3) is 11.1 Å². The Morgan fingerprint density at radius 3 is 2.57 bits per heavy atom. The molecule has 0 aromatic heterocycles. The Labute approximate surface area is 125 Å². The van der Waals surface area contributed by atoms with E-state index in [-0.39, 0.29) is 5.78 Å². The molecule has 0 amide bonds. The maximum absolute atomic E-state index is 12.2. The van der Waals surface area contributed by atoms with E-state index in [1.54, 1.807) is 0 Å². The molecule has 2 aromatic carbocycles. The third-order valence-electron chi connectivity index (χ3n) is 3.97. The molecule has 3 rings (SSSR count). The molecule has 1 aliphatic rings. The number of anilines is 1. The molecule has 1 aliphatic carbocycles. The van der Waals surface area contributed by atoms with Crippen LogP contribution in [-0.2, 0) is 6.42 Å². The lowest BCUT2D eigenvalue weighted by molar-refractivity contribution is 0.0995. The van der Waals surface area contributed by atoms with Crippen molar-refractivity contribution in [1.82, 2.24) is 5.32 Å². The summed E-state index contributed by atoms with van der Waals surface area (Å²) in [5.74, 6) is 0.259. The van der Waals surface area contributed by atoms with E-state index in [2.05, 4.69) is 28.8 Å². The Morgan fingerprint density at radius 2 is 1.81 bits per heavy atom. The second kappa shape index (κ2) is 6.10. The Morgan fingerprint density at radius 1 is 1.00 bits per heavy atom. The van der Waals surface area contributed by atoms with E-state index in [1.807, 2.05) is 31.3 Å². The molecule has 0 radical (unpaired) electrons. The standard InChI is InChI=1S/C18H20N2O/c1-19-11-12-20-16-9-7-14(13-5-3-2-4-6-13)15-8-10-17(21)18(15)16/h2-7,9,19-20H,8,10-12H2,1H3. The van der Waals surface area contributed by atoms with E-state index in [0.29, 0.717) is 6.42 Å². The number of nitrogens with one attached hydrogen (secondary N) is 2. The number of carbonyl (C=O) groups is 1. The van der Waals surface area contributed by atoms with Crippen LogP contribution in [0.4, 0.5) is 5.69 Å². The minimum atomic E-state index is 0.259. The third-order valence-corrected chi connectivity index (χ3v) is 3.97. The maximum atomic E-state index is 12.2. The fraction of sp³-hybridized carbons (Fsp3) is 0.278. The Balaban J connectivity index is 2.01. The zero-order chi connectivity index (χ0) is 14.7. The van der Waals surface area contributed by atoms with Gasteiger partial charge in [0.15, 0.2) is 5.78 Å². The van der Waals surface area contributed by atoms with Crippen LogP contribution in [0.1, 0.15) is 22.3 Å². The van der Waals surface area contributed by atoms with E-state index >= 15 is 0 Å². The predicted molar refractivity (Wildman–Crippen MR) is 86.9 cm³/mol. The lowest BCUT2D eigenvalue weighted by atomic mass is 9.95. The average molecular weight is 280 g/mol. The van der Waals surface area contributed by atoms with Gasteiger partial charge in [0, 0.05) is 30.8 Å². The van der Waals surface area contributed by atoms with Gasteiger partial charge in [-0.3, -0.25) is 4.79 Å². The lowest BCUT2D eigenvalue weighted by Crippen LogP contribution is -2.18. The first kappa shape index (κ1) is 13.8. The molecule has 0 fully saturated rings. The van der Waals surface area contributed by atoms with Gasteiger partial charge >= 0.3 is 0 Å². The topological polar surface area (TPSA) is 41.1 Å². The highest BCUT2D eigenvalue weighted by Gasteiger charge is 2.25. The van der Waals surface area contributed by atoms with Gasteiger partial charge in [0.25, 0.3) is 0 Å². The van der Waals surface area contributed by atoms with Crippen molar-refractivity contribution >= 4 is 11.5 Å². The van der Waals surface area contributed by atoms with E-state index in [9.17, 15) is 4.79 Å². The first-order valence-electron chi connectivity index (χ1n) is 7.44. The summed E-state index contributed by atoms with van der Waals surface area (Å²) in [6.45, 7) is 1.70. The molecule has 0 aliphatic heterocycles. The van der Waals surface area contributed by atoms with Crippen LogP contribution < -0.4 is 10.6 Å². The number of ketones is 1. The summed E-state index contributed by atoms with van der Waals surface area (Å²) in [5, 5.41) is 6.48. The van der Waals surface area contributed by atoms with Crippen LogP contribution in [0.3, 0.4) is 0 Å². The second-order valence-electron chi connectivity index (χ2n) is 5.33. The number of rotatable bonds is 5. The number of hydrogen-bond acceptors (Lipinski definition) is 3. The van der Waals surface area contributed by atoms with Crippen LogP contribution in [0.15, 0.2) is 42.5 Å². The third kappa shape index (κ3) is 2.69. The van der Waals surface area contributed by atoms with E-state index in [4.69, 9.17) is 0 Å². The molecule has 3 nitrogen and oxygen atoms in total. The number of likely N-dealkylation sites (N-methyl/N-ethyl adjacent to an activating group) is 1. The quantitative estimate of drug-likeness (QED) is 0.827. The largest absolute Gasteiger partial charge is 0.383 e. The zero-order valence-corrected chi connectivity index (χ0v) is 12.3. The molecule has 0 heterocycles. The van der Waals surface area contributed by atoms with E-state index in [1.165, 1.54) is 16.7 Å². The Hall–Kier alpha value is -2.13. The molecule has 0 atom stereocenters. The molecule has 0 saturated heterocycles. The van der Waals surface area contributed by atoms with Crippen LogP contribution in [0.2, 0.25) is 0 Å². The molecule has 2 N–H and O–H groups in total. The highest BCUT2D eigenvalue weighted by Crippen LogP contribution is 2.36. The molecule has 21 heavy (non-hydrogen) atoms. The lowest BCUT2D eigenvalue weighted by Gasteiger charge is -2.14. The van der Waals surface area contributed by atoms with Crippen molar-refractivity contribution in [2.75, 3.05) is 25.5 Å². The summed E-state index contributed by atoms with van der Waals surface area (Å²) in [6, 6.07) is 14.5. The monoisotopic (exact) mass is 280 g/mol. The number of carbonyl (C=O) groups excluding carboxylic acids is 1. The molecule has 0 unspecified atom stereocenters. The summed E-state index contributed by atoms with van der Waals surface area (Å²) >= 11 is 0. The average Bonchev–Trinajstić information content (AvgIpc) is 2.91. The van der Waals surface area contributed by atoms with Crippen molar-refractivity contribution < 1.29 is 4.79 Å². The van der Waals surface area contributed by atoms with Crippen molar-refractivity contribution in [3.05, 3.63) is 53.6 Å². The molecule has 0 saturated carbocycles. The molecule has 2 aromatic rings. The second-order valence-corrected chi connectivity index (χ2v) is 5.33. The van der Waals surface area contributed by atoms with Crippen molar-refractivity contribution in [2.24, 2.45) is 0 Å². The van der Waals surface area contributed by atoms with Gasteiger partial charge in [0.2, 0.25) is 0 Å². The Bertz CT molecular complexity index is 650. The van der Waals surface area contributed by atoms with Gasteiger partial charge in [-0.1, -0.05) is 36.4 Å². The summed E-state index contributed by atoms with van der Waals surface area (Å²) in [5.41, 5.74) is 5.44. The van der Waals surface area contributed by atoms with Crippen LogP contribution in [0, 0.1) is 0 Å². The molecular formula is C18H20N2O. The van der Waals surface area contributed by atoms with Crippen LogP contribution in [0.5, 0.6) is 0 Å².